The zero-order chi connectivity index (χ0) is 15.3. The van der Waals surface area contributed by atoms with E-state index in [-0.39, 0.29) is 6.54 Å². The van der Waals surface area contributed by atoms with Crippen molar-refractivity contribution in [2.75, 3.05) is 26.2 Å². The molecule has 21 heavy (non-hydrogen) atoms. The molecular weight excluding hydrogens is 270 g/mol. The first kappa shape index (κ1) is 15.8. The summed E-state index contributed by atoms with van der Waals surface area (Å²) in [4.78, 5) is 12.9. The molecule has 1 aliphatic heterocycles. The van der Waals surface area contributed by atoms with Gasteiger partial charge in [0.25, 0.3) is 0 Å². The number of para-hydroxylation sites is 1. The fourth-order valence-corrected chi connectivity index (χ4v) is 2.55. The molecule has 1 aromatic rings. The molecule has 0 aromatic heterocycles. The molecule has 0 amide bonds. The van der Waals surface area contributed by atoms with Gasteiger partial charge in [-0.3, -0.25) is 4.90 Å². The Hall–Kier alpha value is -1.59. The monoisotopic (exact) mass is 293 g/mol. The van der Waals surface area contributed by atoms with Crippen molar-refractivity contribution in [3.63, 3.8) is 0 Å². The summed E-state index contributed by atoms with van der Waals surface area (Å²) in [6, 6.07) is 9.75. The number of carboxylic acids is 1. The van der Waals surface area contributed by atoms with E-state index in [4.69, 9.17) is 9.84 Å². The van der Waals surface area contributed by atoms with Gasteiger partial charge in [-0.05, 0) is 50.9 Å². The lowest BCUT2D eigenvalue weighted by molar-refractivity contribution is -0.158. The molecule has 2 N–H and O–H groups in total. The summed E-state index contributed by atoms with van der Waals surface area (Å²) < 4.78 is 5.76. The Balaban J connectivity index is 1.72. The molecular formula is C16H23NO4. The number of hydrogen-bond acceptors (Lipinski definition) is 4. The predicted molar refractivity (Wildman–Crippen MR) is 79.4 cm³/mol. The van der Waals surface area contributed by atoms with E-state index < -0.39 is 11.6 Å². The Kier molecular flexibility index (Phi) is 5.20. The molecule has 5 heteroatoms. The average Bonchev–Trinajstić information content (AvgIpc) is 2.47. The van der Waals surface area contributed by atoms with Gasteiger partial charge in [-0.25, -0.2) is 4.79 Å². The third kappa shape index (κ3) is 4.72. The number of hydrogen-bond donors (Lipinski definition) is 2. The molecule has 1 saturated heterocycles. The van der Waals surface area contributed by atoms with Gasteiger partial charge in [-0.15, -0.1) is 0 Å². The zero-order valence-electron chi connectivity index (χ0n) is 12.4. The van der Waals surface area contributed by atoms with Crippen LogP contribution in [0.15, 0.2) is 30.3 Å². The first-order valence-corrected chi connectivity index (χ1v) is 7.33. The standard InChI is InChI=1S/C16H23NO4/c1-16(20,15(18)19)12-17-9-7-13(8-10-17)11-21-14-5-3-2-4-6-14/h2-6,13,20H,7-12H2,1H3,(H,18,19). The summed E-state index contributed by atoms with van der Waals surface area (Å²) in [5.41, 5.74) is -1.67. The van der Waals surface area contributed by atoms with E-state index in [9.17, 15) is 9.90 Å². The molecule has 1 fully saturated rings. The molecule has 0 aliphatic carbocycles. The summed E-state index contributed by atoms with van der Waals surface area (Å²) >= 11 is 0. The summed E-state index contributed by atoms with van der Waals surface area (Å²) in [6.45, 7) is 3.81. The zero-order valence-corrected chi connectivity index (χ0v) is 12.4. The minimum absolute atomic E-state index is 0.175. The highest BCUT2D eigenvalue weighted by atomic mass is 16.5. The van der Waals surface area contributed by atoms with Crippen molar-refractivity contribution >= 4 is 5.97 Å². The minimum Gasteiger partial charge on any atom is -0.493 e. The first-order valence-electron chi connectivity index (χ1n) is 7.33. The molecule has 1 unspecified atom stereocenters. The van der Waals surface area contributed by atoms with Gasteiger partial charge in [0, 0.05) is 6.54 Å². The topological polar surface area (TPSA) is 70.0 Å². The van der Waals surface area contributed by atoms with Crippen molar-refractivity contribution in [1.29, 1.82) is 0 Å². The number of carboxylic acid groups (broad SMARTS) is 1. The van der Waals surface area contributed by atoms with Crippen LogP contribution in [-0.4, -0.2) is 52.9 Å². The van der Waals surface area contributed by atoms with Crippen LogP contribution in [0.25, 0.3) is 0 Å². The van der Waals surface area contributed by atoms with Gasteiger partial charge >= 0.3 is 5.97 Å². The molecule has 0 saturated carbocycles. The Bertz CT molecular complexity index is 453. The number of ether oxygens (including phenoxy) is 1. The number of carbonyl (C=O) groups is 1. The van der Waals surface area contributed by atoms with E-state index in [2.05, 4.69) is 0 Å². The van der Waals surface area contributed by atoms with Crippen LogP contribution in [0.3, 0.4) is 0 Å². The molecule has 0 radical (unpaired) electrons. The molecule has 2 rings (SSSR count). The number of piperidine rings is 1. The second kappa shape index (κ2) is 6.91. The van der Waals surface area contributed by atoms with E-state index in [0.717, 1.165) is 31.7 Å². The third-order valence-electron chi connectivity index (χ3n) is 3.93. The van der Waals surface area contributed by atoms with E-state index in [0.29, 0.717) is 12.5 Å². The minimum atomic E-state index is -1.67. The number of likely N-dealkylation sites (tertiary alicyclic amines) is 1. The van der Waals surface area contributed by atoms with Gasteiger partial charge in [0.15, 0.2) is 5.60 Å². The van der Waals surface area contributed by atoms with Gasteiger partial charge in [0.1, 0.15) is 5.75 Å². The molecule has 1 aromatic carbocycles. The summed E-state index contributed by atoms with van der Waals surface area (Å²) in [5, 5.41) is 18.7. The first-order chi connectivity index (χ1) is 9.97. The van der Waals surface area contributed by atoms with Crippen LogP contribution in [0.1, 0.15) is 19.8 Å². The van der Waals surface area contributed by atoms with Crippen LogP contribution < -0.4 is 4.74 Å². The van der Waals surface area contributed by atoms with Crippen molar-refractivity contribution in [3.8, 4) is 5.75 Å². The fourth-order valence-electron chi connectivity index (χ4n) is 2.55. The van der Waals surface area contributed by atoms with E-state index in [1.54, 1.807) is 0 Å². The fraction of sp³-hybridized carbons (Fsp3) is 0.562. The van der Waals surface area contributed by atoms with Crippen LogP contribution >= 0.6 is 0 Å². The molecule has 1 aliphatic rings. The number of aliphatic hydroxyl groups is 1. The summed E-state index contributed by atoms with van der Waals surface area (Å²) in [5.74, 6) is 0.196. The lowest BCUT2D eigenvalue weighted by Crippen LogP contribution is -2.49. The van der Waals surface area contributed by atoms with Crippen molar-refractivity contribution in [2.45, 2.75) is 25.4 Å². The number of nitrogens with zero attached hydrogens (tertiary/aromatic N) is 1. The maximum absolute atomic E-state index is 10.9. The van der Waals surface area contributed by atoms with Crippen molar-refractivity contribution in [3.05, 3.63) is 30.3 Å². The number of rotatable bonds is 6. The van der Waals surface area contributed by atoms with E-state index in [1.165, 1.54) is 6.92 Å². The van der Waals surface area contributed by atoms with Crippen LogP contribution in [0, 0.1) is 5.92 Å². The molecule has 0 spiro atoms. The largest absolute Gasteiger partial charge is 0.493 e. The number of benzene rings is 1. The van der Waals surface area contributed by atoms with E-state index >= 15 is 0 Å². The highest BCUT2D eigenvalue weighted by Gasteiger charge is 2.33. The van der Waals surface area contributed by atoms with Gasteiger partial charge < -0.3 is 14.9 Å². The lowest BCUT2D eigenvalue weighted by atomic mass is 9.96. The quantitative estimate of drug-likeness (QED) is 0.834. The third-order valence-corrected chi connectivity index (χ3v) is 3.93. The number of β-amino-alcohol motifs (C(OH)–C–C–N with tert-alkyl or cyclic N) is 1. The second-order valence-electron chi connectivity index (χ2n) is 5.92. The lowest BCUT2D eigenvalue weighted by Gasteiger charge is -2.34. The van der Waals surface area contributed by atoms with Gasteiger partial charge in [-0.1, -0.05) is 18.2 Å². The molecule has 0 bridgehead atoms. The van der Waals surface area contributed by atoms with Crippen molar-refractivity contribution in [2.24, 2.45) is 5.92 Å². The second-order valence-corrected chi connectivity index (χ2v) is 5.92. The molecule has 1 heterocycles. The van der Waals surface area contributed by atoms with Crippen LogP contribution in [-0.2, 0) is 4.79 Å². The van der Waals surface area contributed by atoms with Gasteiger partial charge in [0.2, 0.25) is 0 Å². The Morgan fingerprint density at radius 3 is 2.52 bits per heavy atom. The maximum Gasteiger partial charge on any atom is 0.336 e. The molecule has 1 atom stereocenters. The Morgan fingerprint density at radius 2 is 1.95 bits per heavy atom. The highest BCUT2D eigenvalue weighted by Crippen LogP contribution is 2.20. The van der Waals surface area contributed by atoms with Crippen molar-refractivity contribution < 1.29 is 19.7 Å². The highest BCUT2D eigenvalue weighted by molar-refractivity contribution is 5.76. The van der Waals surface area contributed by atoms with Crippen LogP contribution in [0.4, 0.5) is 0 Å². The molecule has 116 valence electrons. The normalized spacial score (nSPS) is 19.9. The summed E-state index contributed by atoms with van der Waals surface area (Å²) in [6.07, 6.45) is 1.92. The Labute approximate surface area is 125 Å². The maximum atomic E-state index is 10.9. The number of aliphatic carboxylic acids is 1. The van der Waals surface area contributed by atoms with Crippen molar-refractivity contribution in [1.82, 2.24) is 4.90 Å². The van der Waals surface area contributed by atoms with Crippen LogP contribution in [0.2, 0.25) is 0 Å². The van der Waals surface area contributed by atoms with Gasteiger partial charge in [0.05, 0.1) is 6.61 Å². The predicted octanol–water partition coefficient (Wildman–Crippen LogP) is 1.61. The summed E-state index contributed by atoms with van der Waals surface area (Å²) in [7, 11) is 0. The van der Waals surface area contributed by atoms with Gasteiger partial charge in [-0.2, -0.15) is 0 Å². The van der Waals surface area contributed by atoms with Crippen LogP contribution in [0.5, 0.6) is 5.75 Å². The average molecular weight is 293 g/mol. The smallest absolute Gasteiger partial charge is 0.336 e. The SMILES string of the molecule is CC(O)(CN1CCC(COc2ccccc2)CC1)C(=O)O. The molecule has 5 nitrogen and oxygen atoms in total. The van der Waals surface area contributed by atoms with E-state index in [1.807, 2.05) is 35.2 Å². The Morgan fingerprint density at radius 1 is 1.33 bits per heavy atom.